The van der Waals surface area contributed by atoms with Gasteiger partial charge in [0.1, 0.15) is 11.6 Å². The predicted molar refractivity (Wildman–Crippen MR) is 110 cm³/mol. The Kier molecular flexibility index (Phi) is 7.57. The maximum atomic E-state index is 14.3. The van der Waals surface area contributed by atoms with E-state index in [1.807, 2.05) is 0 Å². The van der Waals surface area contributed by atoms with E-state index < -0.39 is 29.7 Å². The Bertz CT molecular complexity index is 888. The van der Waals surface area contributed by atoms with Gasteiger partial charge in [-0.2, -0.15) is 0 Å². The van der Waals surface area contributed by atoms with Gasteiger partial charge >= 0.3 is 0 Å². The number of alkyl halides is 3. The number of unbranched alkanes of at least 4 members (excludes halogenated alkanes) is 1. The first-order chi connectivity index (χ1) is 14.1. The molecule has 1 saturated carbocycles. The van der Waals surface area contributed by atoms with Crippen molar-refractivity contribution in [2.45, 2.75) is 70.4 Å². The lowest BCUT2D eigenvalue weighted by Crippen LogP contribution is -2.61. The van der Waals surface area contributed by atoms with Crippen molar-refractivity contribution in [2.75, 3.05) is 0 Å². The fourth-order valence-corrected chi connectivity index (χ4v) is 3.87. The van der Waals surface area contributed by atoms with Crippen molar-refractivity contribution in [3.05, 3.63) is 29.1 Å². The number of ketones is 1. The summed E-state index contributed by atoms with van der Waals surface area (Å²) in [4.78, 5) is 16.4. The SMILES string of the molecule is C#CC(CCCCC(=O)CC1CC(F)(F)C1(F)CC)=Nc1ccc(F)c(C=N)c1C. The van der Waals surface area contributed by atoms with Gasteiger partial charge in [0.2, 0.25) is 0 Å². The number of carbonyl (C=O) groups is 1. The molecule has 1 aliphatic rings. The van der Waals surface area contributed by atoms with E-state index in [1.165, 1.54) is 19.1 Å². The third kappa shape index (κ3) is 4.80. The summed E-state index contributed by atoms with van der Waals surface area (Å²) in [6.07, 6.45) is 7.01. The third-order valence-corrected chi connectivity index (χ3v) is 5.87. The zero-order valence-electron chi connectivity index (χ0n) is 17.2. The molecular formula is C23H26F4N2O. The number of benzene rings is 1. The Labute approximate surface area is 174 Å². The highest BCUT2D eigenvalue weighted by atomic mass is 19.3. The molecular weight excluding hydrogens is 396 g/mol. The first-order valence-electron chi connectivity index (χ1n) is 10.0. The van der Waals surface area contributed by atoms with Crippen LogP contribution in [0.5, 0.6) is 0 Å². The third-order valence-electron chi connectivity index (χ3n) is 5.87. The molecule has 1 fully saturated rings. The lowest BCUT2D eigenvalue weighted by molar-refractivity contribution is -0.252. The average Bonchev–Trinajstić information content (AvgIpc) is 2.71. The Morgan fingerprint density at radius 1 is 1.33 bits per heavy atom. The monoisotopic (exact) mass is 422 g/mol. The lowest BCUT2D eigenvalue weighted by atomic mass is 9.64. The smallest absolute Gasteiger partial charge is 0.282 e. The molecule has 1 aliphatic carbocycles. The molecule has 0 aliphatic heterocycles. The van der Waals surface area contributed by atoms with Crippen LogP contribution in [0.3, 0.4) is 0 Å². The summed E-state index contributed by atoms with van der Waals surface area (Å²) in [5, 5.41) is 7.30. The van der Waals surface area contributed by atoms with E-state index >= 15 is 0 Å². The van der Waals surface area contributed by atoms with Crippen LogP contribution in [0.4, 0.5) is 23.2 Å². The second kappa shape index (κ2) is 9.55. The van der Waals surface area contributed by atoms with Crippen LogP contribution in [0.1, 0.15) is 63.0 Å². The molecule has 7 heteroatoms. The molecule has 0 saturated heterocycles. The second-order valence-electron chi connectivity index (χ2n) is 7.72. The van der Waals surface area contributed by atoms with E-state index in [-0.39, 0.29) is 30.6 Å². The zero-order chi connectivity index (χ0) is 22.5. The molecule has 0 heterocycles. The minimum atomic E-state index is -3.35. The van der Waals surface area contributed by atoms with Crippen LogP contribution < -0.4 is 0 Å². The van der Waals surface area contributed by atoms with Gasteiger partial charge in [-0.25, -0.2) is 22.6 Å². The molecule has 2 unspecified atom stereocenters. The van der Waals surface area contributed by atoms with Crippen LogP contribution in [0, 0.1) is 36.4 Å². The minimum Gasteiger partial charge on any atom is -0.308 e. The van der Waals surface area contributed by atoms with Crippen LogP contribution in [-0.2, 0) is 4.79 Å². The van der Waals surface area contributed by atoms with Crippen molar-refractivity contribution < 1.29 is 22.4 Å². The highest BCUT2D eigenvalue weighted by Gasteiger charge is 2.68. The Hall–Kier alpha value is -2.49. The van der Waals surface area contributed by atoms with E-state index in [0.29, 0.717) is 36.2 Å². The standard InChI is InChI=1S/C23H26F4N2O/c1-4-17(29-21-11-10-20(24)19(14-28)15(21)3)8-6-7-9-18(30)12-16-13-23(26,27)22(16,25)5-2/h1,10-11,14,16,28H,5-9,12-13H2,2-3H3. The molecule has 2 atom stereocenters. The largest absolute Gasteiger partial charge is 0.308 e. The first kappa shape index (κ1) is 23.8. The molecule has 162 valence electrons. The lowest BCUT2D eigenvalue weighted by Gasteiger charge is -2.49. The predicted octanol–water partition coefficient (Wildman–Crippen LogP) is 6.13. The maximum absolute atomic E-state index is 14.3. The molecule has 1 aromatic carbocycles. The second-order valence-corrected chi connectivity index (χ2v) is 7.72. The summed E-state index contributed by atoms with van der Waals surface area (Å²) in [5.41, 5.74) is -1.01. The maximum Gasteiger partial charge on any atom is 0.282 e. The number of nitrogens with zero attached hydrogens (tertiary/aromatic N) is 1. The summed E-state index contributed by atoms with van der Waals surface area (Å²) in [6.45, 7) is 3.03. The number of hydrogen-bond acceptors (Lipinski definition) is 3. The van der Waals surface area contributed by atoms with Crippen molar-refractivity contribution >= 4 is 23.4 Å². The van der Waals surface area contributed by atoms with Gasteiger partial charge in [0.05, 0.1) is 11.4 Å². The molecule has 2 rings (SSSR count). The molecule has 0 aromatic heterocycles. The van der Waals surface area contributed by atoms with E-state index in [0.717, 1.165) is 6.21 Å². The van der Waals surface area contributed by atoms with Crippen LogP contribution in [0.2, 0.25) is 0 Å². The Morgan fingerprint density at radius 2 is 2.00 bits per heavy atom. The fourth-order valence-electron chi connectivity index (χ4n) is 3.87. The van der Waals surface area contributed by atoms with Gasteiger partial charge in [-0.15, -0.1) is 6.42 Å². The van der Waals surface area contributed by atoms with E-state index in [2.05, 4.69) is 10.9 Å². The van der Waals surface area contributed by atoms with Crippen molar-refractivity contribution in [3.8, 4) is 12.3 Å². The van der Waals surface area contributed by atoms with E-state index in [4.69, 9.17) is 11.8 Å². The molecule has 0 bridgehead atoms. The van der Waals surface area contributed by atoms with Crippen LogP contribution in [0.15, 0.2) is 17.1 Å². The van der Waals surface area contributed by atoms with E-state index in [1.54, 1.807) is 6.92 Å². The first-order valence-corrected chi connectivity index (χ1v) is 10.0. The number of Topliss-reactive ketones (excluding diaryl/α,β-unsaturated/α-hetero) is 1. The number of terminal acetylenes is 1. The normalized spacial score (nSPS) is 22.8. The van der Waals surface area contributed by atoms with Crippen molar-refractivity contribution in [3.63, 3.8) is 0 Å². The summed E-state index contributed by atoms with van der Waals surface area (Å²) in [6, 6.07) is 2.72. The molecule has 30 heavy (non-hydrogen) atoms. The molecule has 0 radical (unpaired) electrons. The topological polar surface area (TPSA) is 53.3 Å². The van der Waals surface area contributed by atoms with Crippen molar-refractivity contribution in [2.24, 2.45) is 10.9 Å². The highest BCUT2D eigenvalue weighted by molar-refractivity contribution is 6.01. The van der Waals surface area contributed by atoms with Crippen molar-refractivity contribution in [1.82, 2.24) is 0 Å². The number of aliphatic imine (C=N–C) groups is 1. The summed E-state index contributed by atoms with van der Waals surface area (Å²) >= 11 is 0. The average molecular weight is 422 g/mol. The van der Waals surface area contributed by atoms with Crippen molar-refractivity contribution in [1.29, 1.82) is 5.41 Å². The quantitative estimate of drug-likeness (QED) is 0.210. The van der Waals surface area contributed by atoms with Gasteiger partial charge in [-0.05, 0) is 50.3 Å². The van der Waals surface area contributed by atoms with Gasteiger partial charge in [-0.3, -0.25) is 4.79 Å². The van der Waals surface area contributed by atoms with E-state index in [9.17, 15) is 22.4 Å². The van der Waals surface area contributed by atoms with Crippen LogP contribution >= 0.6 is 0 Å². The van der Waals surface area contributed by atoms with Crippen LogP contribution in [-0.4, -0.2) is 29.3 Å². The van der Waals surface area contributed by atoms with Crippen LogP contribution in [0.25, 0.3) is 0 Å². The minimum absolute atomic E-state index is 0.149. The summed E-state index contributed by atoms with van der Waals surface area (Å²) < 4.78 is 54.9. The van der Waals surface area contributed by atoms with Gasteiger partial charge in [0.15, 0.2) is 5.67 Å². The van der Waals surface area contributed by atoms with Gasteiger partial charge in [-0.1, -0.05) is 12.8 Å². The molecule has 3 nitrogen and oxygen atoms in total. The number of carbonyl (C=O) groups excluding carboxylic acids is 1. The summed E-state index contributed by atoms with van der Waals surface area (Å²) in [7, 11) is 0. The molecule has 0 spiro atoms. The number of rotatable bonds is 10. The zero-order valence-corrected chi connectivity index (χ0v) is 17.2. The molecule has 1 aromatic rings. The number of halogens is 4. The number of nitrogens with one attached hydrogen (secondary N) is 1. The highest BCUT2D eigenvalue weighted by Crippen LogP contribution is 2.57. The van der Waals surface area contributed by atoms with Gasteiger partial charge < -0.3 is 5.41 Å². The molecule has 1 N–H and O–H groups in total. The van der Waals surface area contributed by atoms with Gasteiger partial charge in [0, 0.05) is 37.0 Å². The summed E-state index contributed by atoms with van der Waals surface area (Å²) in [5.74, 6) is -2.52. The van der Waals surface area contributed by atoms with Gasteiger partial charge in [0.25, 0.3) is 5.92 Å². The Balaban J connectivity index is 1.86. The number of hydrogen-bond donors (Lipinski definition) is 1. The Morgan fingerprint density at radius 3 is 2.57 bits per heavy atom. The fraction of sp³-hybridized carbons (Fsp3) is 0.522. The molecule has 0 amide bonds.